The van der Waals surface area contributed by atoms with Crippen molar-refractivity contribution in [2.24, 2.45) is 0 Å². The molecule has 2 aromatic carbocycles. The van der Waals surface area contributed by atoms with Gasteiger partial charge in [0.05, 0.1) is 10.7 Å². The first-order valence-electron chi connectivity index (χ1n) is 9.40. The van der Waals surface area contributed by atoms with Crippen molar-refractivity contribution in [3.05, 3.63) is 70.4 Å². The molecule has 1 aromatic heterocycles. The summed E-state index contributed by atoms with van der Waals surface area (Å²) in [6.07, 6.45) is 0. The largest absolute Gasteiger partial charge is 0.483 e. The third-order valence-electron chi connectivity index (χ3n) is 4.49. The maximum atomic E-state index is 12.5. The van der Waals surface area contributed by atoms with Crippen LogP contribution in [-0.4, -0.2) is 17.6 Å². The van der Waals surface area contributed by atoms with Crippen molar-refractivity contribution in [1.29, 1.82) is 0 Å². The second-order valence-electron chi connectivity index (χ2n) is 7.15. The number of ether oxygens (including phenoxy) is 1. The molecule has 1 amide bonds. The lowest BCUT2D eigenvalue weighted by Crippen LogP contribution is -2.21. The van der Waals surface area contributed by atoms with E-state index < -0.39 is 0 Å². The second-order valence-corrected chi connectivity index (χ2v) is 7.56. The van der Waals surface area contributed by atoms with Crippen LogP contribution in [-0.2, 0) is 11.4 Å². The molecule has 0 aliphatic rings. The third-order valence-corrected chi connectivity index (χ3v) is 4.82. The highest BCUT2D eigenvalue weighted by molar-refractivity contribution is 6.33. The van der Waals surface area contributed by atoms with Gasteiger partial charge in [-0.1, -0.05) is 37.6 Å². The predicted molar refractivity (Wildman–Crippen MR) is 114 cm³/mol. The Kier molecular flexibility index (Phi) is 6.62. The van der Waals surface area contributed by atoms with Crippen LogP contribution in [0.4, 0.5) is 5.69 Å². The Morgan fingerprint density at radius 1 is 1.17 bits per heavy atom. The molecule has 0 aliphatic heterocycles. The van der Waals surface area contributed by atoms with Gasteiger partial charge in [-0.2, -0.15) is 0 Å². The highest BCUT2D eigenvalue weighted by Crippen LogP contribution is 2.30. The molecule has 0 saturated carbocycles. The molecule has 5 nitrogen and oxygen atoms in total. The van der Waals surface area contributed by atoms with Crippen LogP contribution in [0, 0.1) is 6.92 Å². The van der Waals surface area contributed by atoms with Crippen LogP contribution in [0.1, 0.15) is 36.7 Å². The van der Waals surface area contributed by atoms with E-state index in [0.717, 1.165) is 16.7 Å². The standard InChI is InChI=1S/C23H24ClNO4/c1-14(2)18-7-4-15(3)10-22(18)28-13-23(27)25-20-11-16(5-8-19(20)24)21-9-6-17(12-26)29-21/h4-11,14,26H,12-13H2,1-3H3,(H,25,27). The topological polar surface area (TPSA) is 71.7 Å². The van der Waals surface area contributed by atoms with Gasteiger partial charge < -0.3 is 19.6 Å². The van der Waals surface area contributed by atoms with Crippen LogP contribution in [0.2, 0.25) is 5.02 Å². The fourth-order valence-corrected chi connectivity index (χ4v) is 3.13. The number of hydrogen-bond donors (Lipinski definition) is 2. The molecule has 29 heavy (non-hydrogen) atoms. The summed E-state index contributed by atoms with van der Waals surface area (Å²) < 4.78 is 11.3. The van der Waals surface area contributed by atoms with Crippen molar-refractivity contribution in [2.75, 3.05) is 11.9 Å². The minimum atomic E-state index is -0.309. The number of rotatable bonds is 7. The number of aryl methyl sites for hydroxylation is 1. The number of anilines is 1. The van der Waals surface area contributed by atoms with Gasteiger partial charge >= 0.3 is 0 Å². The number of amides is 1. The number of carbonyl (C=O) groups excluding carboxylic acids is 1. The molecule has 0 spiro atoms. The molecule has 0 unspecified atom stereocenters. The number of benzene rings is 2. The van der Waals surface area contributed by atoms with Crippen molar-refractivity contribution < 1.29 is 19.1 Å². The molecular weight excluding hydrogens is 390 g/mol. The summed E-state index contributed by atoms with van der Waals surface area (Å²) in [5.74, 6) is 1.74. The Balaban J connectivity index is 1.71. The lowest BCUT2D eigenvalue weighted by atomic mass is 10.0. The maximum Gasteiger partial charge on any atom is 0.262 e. The average Bonchev–Trinajstić information content (AvgIpc) is 3.17. The normalized spacial score (nSPS) is 11.0. The highest BCUT2D eigenvalue weighted by atomic mass is 35.5. The van der Waals surface area contributed by atoms with Gasteiger partial charge in [0.2, 0.25) is 0 Å². The summed E-state index contributed by atoms with van der Waals surface area (Å²) in [6, 6.07) is 14.7. The minimum Gasteiger partial charge on any atom is -0.483 e. The van der Waals surface area contributed by atoms with Crippen LogP contribution in [0.15, 0.2) is 52.9 Å². The van der Waals surface area contributed by atoms with E-state index in [1.807, 2.05) is 25.1 Å². The Morgan fingerprint density at radius 3 is 2.66 bits per heavy atom. The first-order chi connectivity index (χ1) is 13.9. The number of aliphatic hydroxyl groups is 1. The Bertz CT molecular complexity index is 1010. The van der Waals surface area contributed by atoms with E-state index in [1.54, 1.807) is 30.3 Å². The maximum absolute atomic E-state index is 12.5. The molecule has 3 aromatic rings. The van der Waals surface area contributed by atoms with Gasteiger partial charge in [-0.05, 0) is 60.4 Å². The molecule has 0 saturated heterocycles. The van der Waals surface area contributed by atoms with E-state index in [9.17, 15) is 4.79 Å². The lowest BCUT2D eigenvalue weighted by Gasteiger charge is -2.15. The van der Waals surface area contributed by atoms with Crippen LogP contribution >= 0.6 is 11.6 Å². The van der Waals surface area contributed by atoms with Gasteiger partial charge in [0.1, 0.15) is 23.9 Å². The number of carbonyl (C=O) groups is 1. The number of halogens is 1. The Hall–Kier alpha value is -2.76. The fourth-order valence-electron chi connectivity index (χ4n) is 2.97. The summed E-state index contributed by atoms with van der Waals surface area (Å²) in [5.41, 5.74) is 3.33. The van der Waals surface area contributed by atoms with Gasteiger partial charge in [0.25, 0.3) is 5.91 Å². The molecule has 6 heteroatoms. The van der Waals surface area contributed by atoms with Gasteiger partial charge in [0.15, 0.2) is 6.61 Å². The molecule has 1 heterocycles. The Labute approximate surface area is 175 Å². The van der Waals surface area contributed by atoms with Crippen molar-refractivity contribution in [3.8, 4) is 17.1 Å². The SMILES string of the molecule is Cc1ccc(C(C)C)c(OCC(=O)Nc2cc(-c3ccc(CO)o3)ccc2Cl)c1. The average molecular weight is 414 g/mol. The first-order valence-corrected chi connectivity index (χ1v) is 9.78. The zero-order valence-corrected chi connectivity index (χ0v) is 17.4. The van der Waals surface area contributed by atoms with Gasteiger partial charge in [0, 0.05) is 5.56 Å². The van der Waals surface area contributed by atoms with Gasteiger partial charge in [-0.3, -0.25) is 4.79 Å². The van der Waals surface area contributed by atoms with Crippen molar-refractivity contribution in [1.82, 2.24) is 0 Å². The number of furan rings is 1. The third kappa shape index (κ3) is 5.19. The Morgan fingerprint density at radius 2 is 1.97 bits per heavy atom. The van der Waals surface area contributed by atoms with Crippen molar-refractivity contribution >= 4 is 23.2 Å². The number of aliphatic hydroxyl groups excluding tert-OH is 1. The molecule has 3 rings (SSSR count). The molecule has 0 radical (unpaired) electrons. The quantitative estimate of drug-likeness (QED) is 0.533. The predicted octanol–water partition coefficient (Wildman–Crippen LogP) is 5.54. The van der Waals surface area contributed by atoms with E-state index in [1.165, 1.54) is 0 Å². The van der Waals surface area contributed by atoms with E-state index in [4.69, 9.17) is 25.9 Å². The van der Waals surface area contributed by atoms with E-state index in [2.05, 4.69) is 19.2 Å². The monoisotopic (exact) mass is 413 g/mol. The zero-order valence-electron chi connectivity index (χ0n) is 16.7. The molecule has 2 N–H and O–H groups in total. The summed E-state index contributed by atoms with van der Waals surface area (Å²) in [4.78, 5) is 12.5. The minimum absolute atomic E-state index is 0.126. The van der Waals surface area contributed by atoms with Gasteiger partial charge in [-0.15, -0.1) is 0 Å². The van der Waals surface area contributed by atoms with Crippen LogP contribution < -0.4 is 10.1 Å². The fraction of sp³-hybridized carbons (Fsp3) is 0.261. The van der Waals surface area contributed by atoms with E-state index in [0.29, 0.717) is 28.0 Å². The van der Waals surface area contributed by atoms with E-state index in [-0.39, 0.29) is 25.0 Å². The highest BCUT2D eigenvalue weighted by Gasteiger charge is 2.13. The van der Waals surface area contributed by atoms with Crippen LogP contribution in [0.5, 0.6) is 5.75 Å². The molecule has 0 bridgehead atoms. The number of nitrogens with one attached hydrogen (secondary N) is 1. The number of hydrogen-bond acceptors (Lipinski definition) is 4. The summed E-state index contributed by atoms with van der Waals surface area (Å²) in [5, 5.41) is 12.4. The van der Waals surface area contributed by atoms with Crippen molar-refractivity contribution in [2.45, 2.75) is 33.3 Å². The summed E-state index contributed by atoms with van der Waals surface area (Å²) >= 11 is 6.24. The van der Waals surface area contributed by atoms with E-state index >= 15 is 0 Å². The lowest BCUT2D eigenvalue weighted by molar-refractivity contribution is -0.118. The zero-order chi connectivity index (χ0) is 21.0. The van der Waals surface area contributed by atoms with Crippen LogP contribution in [0.3, 0.4) is 0 Å². The molecule has 152 valence electrons. The molecular formula is C23H24ClNO4. The molecule has 0 aliphatic carbocycles. The summed E-state index contributed by atoms with van der Waals surface area (Å²) in [7, 11) is 0. The smallest absolute Gasteiger partial charge is 0.262 e. The molecule has 0 fully saturated rings. The van der Waals surface area contributed by atoms with Crippen molar-refractivity contribution in [3.63, 3.8) is 0 Å². The second kappa shape index (κ2) is 9.16. The van der Waals surface area contributed by atoms with Crippen LogP contribution in [0.25, 0.3) is 11.3 Å². The molecule has 0 atom stereocenters. The van der Waals surface area contributed by atoms with Gasteiger partial charge in [-0.25, -0.2) is 0 Å². The summed E-state index contributed by atoms with van der Waals surface area (Å²) in [6.45, 7) is 5.85. The first kappa shape index (κ1) is 21.0.